The van der Waals surface area contributed by atoms with Crippen molar-refractivity contribution in [2.24, 2.45) is 4.99 Å². The van der Waals surface area contributed by atoms with Crippen molar-refractivity contribution in [2.45, 2.75) is 19.9 Å². The van der Waals surface area contributed by atoms with E-state index in [4.69, 9.17) is 0 Å². The van der Waals surface area contributed by atoms with Crippen molar-refractivity contribution in [1.82, 2.24) is 15.2 Å². The number of aryl methyl sites for hydroxylation is 1. The first-order valence-electron chi connectivity index (χ1n) is 6.53. The highest BCUT2D eigenvalue weighted by molar-refractivity contribution is 7.11. The van der Waals surface area contributed by atoms with E-state index in [2.05, 4.69) is 51.0 Å². The van der Waals surface area contributed by atoms with Gasteiger partial charge in [-0.15, -0.1) is 11.3 Å². The molecule has 0 bridgehead atoms. The second-order valence-electron chi connectivity index (χ2n) is 4.58. The normalized spacial score (nSPS) is 11.7. The standard InChI is InChI=1S/C14H20N4S2/c1-11-8-17-13(20-11)4-6-16-14(15-2)18(3)9-12-5-7-19-10-12/h5,7-8,10H,4,6,9H2,1-3H3,(H,15,16). The maximum atomic E-state index is 4.37. The van der Waals surface area contributed by atoms with E-state index in [-0.39, 0.29) is 0 Å². The molecule has 0 radical (unpaired) electrons. The Labute approximate surface area is 128 Å². The minimum atomic E-state index is 0.855. The number of thiophene rings is 1. The zero-order valence-electron chi connectivity index (χ0n) is 12.1. The van der Waals surface area contributed by atoms with Crippen molar-refractivity contribution in [2.75, 3.05) is 20.6 Å². The van der Waals surface area contributed by atoms with E-state index < -0.39 is 0 Å². The lowest BCUT2D eigenvalue weighted by molar-refractivity contribution is 0.478. The molecule has 0 amide bonds. The van der Waals surface area contributed by atoms with Gasteiger partial charge in [0.2, 0.25) is 0 Å². The molecule has 0 fully saturated rings. The molecule has 1 N–H and O–H groups in total. The van der Waals surface area contributed by atoms with Gasteiger partial charge in [-0.05, 0) is 29.3 Å². The van der Waals surface area contributed by atoms with Crippen LogP contribution in [0.25, 0.3) is 0 Å². The van der Waals surface area contributed by atoms with Crippen LogP contribution < -0.4 is 5.32 Å². The van der Waals surface area contributed by atoms with Crippen LogP contribution in [0.1, 0.15) is 15.4 Å². The van der Waals surface area contributed by atoms with Crippen LogP contribution >= 0.6 is 22.7 Å². The number of hydrogen-bond donors (Lipinski definition) is 1. The number of nitrogens with one attached hydrogen (secondary N) is 1. The van der Waals surface area contributed by atoms with Crippen molar-refractivity contribution >= 4 is 28.6 Å². The Morgan fingerprint density at radius 1 is 1.50 bits per heavy atom. The number of rotatable bonds is 5. The minimum Gasteiger partial charge on any atom is -0.356 e. The summed E-state index contributed by atoms with van der Waals surface area (Å²) in [6.07, 6.45) is 2.86. The topological polar surface area (TPSA) is 40.5 Å². The molecule has 0 atom stereocenters. The summed E-state index contributed by atoms with van der Waals surface area (Å²) in [5.74, 6) is 0.921. The van der Waals surface area contributed by atoms with E-state index in [9.17, 15) is 0 Å². The zero-order valence-corrected chi connectivity index (χ0v) is 13.7. The summed E-state index contributed by atoms with van der Waals surface area (Å²) >= 11 is 3.48. The van der Waals surface area contributed by atoms with Gasteiger partial charge in [0.15, 0.2) is 5.96 Å². The molecule has 0 spiro atoms. The van der Waals surface area contributed by atoms with E-state index >= 15 is 0 Å². The zero-order chi connectivity index (χ0) is 14.4. The van der Waals surface area contributed by atoms with E-state index in [0.29, 0.717) is 0 Å². The molecule has 0 unspecified atom stereocenters. The Morgan fingerprint density at radius 2 is 2.35 bits per heavy atom. The van der Waals surface area contributed by atoms with Gasteiger partial charge in [0.25, 0.3) is 0 Å². The molecule has 6 heteroatoms. The van der Waals surface area contributed by atoms with Gasteiger partial charge >= 0.3 is 0 Å². The average molecular weight is 308 g/mol. The summed E-state index contributed by atoms with van der Waals surface area (Å²) in [5.41, 5.74) is 1.32. The Morgan fingerprint density at radius 3 is 2.95 bits per heavy atom. The highest BCUT2D eigenvalue weighted by Gasteiger charge is 2.07. The molecule has 2 aromatic rings. The van der Waals surface area contributed by atoms with Gasteiger partial charge in [0.1, 0.15) is 0 Å². The molecular weight excluding hydrogens is 288 g/mol. The van der Waals surface area contributed by atoms with Crippen molar-refractivity contribution in [3.05, 3.63) is 38.5 Å². The molecule has 0 saturated heterocycles. The van der Waals surface area contributed by atoms with Crippen LogP contribution in [-0.2, 0) is 13.0 Å². The van der Waals surface area contributed by atoms with Crippen molar-refractivity contribution in [3.8, 4) is 0 Å². The second-order valence-corrected chi connectivity index (χ2v) is 6.68. The summed E-state index contributed by atoms with van der Waals surface area (Å²) in [4.78, 5) is 12.1. The van der Waals surface area contributed by atoms with Gasteiger partial charge in [-0.2, -0.15) is 11.3 Å². The predicted molar refractivity (Wildman–Crippen MR) is 87.7 cm³/mol. The van der Waals surface area contributed by atoms with Crippen LogP contribution in [0.2, 0.25) is 0 Å². The van der Waals surface area contributed by atoms with Gasteiger partial charge in [-0.1, -0.05) is 0 Å². The summed E-state index contributed by atoms with van der Waals surface area (Å²) in [7, 11) is 3.88. The van der Waals surface area contributed by atoms with Crippen molar-refractivity contribution in [1.29, 1.82) is 0 Å². The molecule has 0 aromatic carbocycles. The van der Waals surface area contributed by atoms with E-state index in [1.165, 1.54) is 15.4 Å². The fraction of sp³-hybridized carbons (Fsp3) is 0.429. The molecule has 2 rings (SSSR count). The smallest absolute Gasteiger partial charge is 0.193 e. The van der Waals surface area contributed by atoms with Crippen LogP contribution in [0.5, 0.6) is 0 Å². The maximum Gasteiger partial charge on any atom is 0.193 e. The summed E-state index contributed by atoms with van der Waals surface area (Å²) in [6, 6.07) is 2.15. The van der Waals surface area contributed by atoms with Gasteiger partial charge in [-0.3, -0.25) is 4.99 Å². The van der Waals surface area contributed by atoms with E-state index in [0.717, 1.165) is 25.5 Å². The third-order valence-electron chi connectivity index (χ3n) is 2.86. The Hall–Kier alpha value is -1.40. The fourth-order valence-corrected chi connectivity index (χ4v) is 3.36. The van der Waals surface area contributed by atoms with Gasteiger partial charge in [0.05, 0.1) is 5.01 Å². The van der Waals surface area contributed by atoms with E-state index in [1.54, 1.807) is 22.7 Å². The molecule has 20 heavy (non-hydrogen) atoms. The number of guanidine groups is 1. The quantitative estimate of drug-likeness (QED) is 0.682. The summed E-state index contributed by atoms with van der Waals surface area (Å²) in [6.45, 7) is 3.81. The molecule has 4 nitrogen and oxygen atoms in total. The SMILES string of the molecule is CN=C(NCCc1ncc(C)s1)N(C)Cc1ccsc1. The molecular formula is C14H20N4S2. The Balaban J connectivity index is 1.80. The predicted octanol–water partition coefficient (Wildman–Crippen LogP) is 2.76. The lowest BCUT2D eigenvalue weighted by Gasteiger charge is -2.21. The van der Waals surface area contributed by atoms with Gasteiger partial charge in [-0.25, -0.2) is 4.98 Å². The molecule has 0 aliphatic carbocycles. The highest BCUT2D eigenvalue weighted by atomic mass is 32.1. The van der Waals surface area contributed by atoms with Gasteiger partial charge in [0, 0.05) is 44.7 Å². The lowest BCUT2D eigenvalue weighted by atomic mass is 10.3. The fourth-order valence-electron chi connectivity index (χ4n) is 1.91. The molecule has 2 heterocycles. The van der Waals surface area contributed by atoms with E-state index in [1.807, 2.05) is 13.2 Å². The van der Waals surface area contributed by atoms with Crippen molar-refractivity contribution < 1.29 is 0 Å². The number of hydrogen-bond acceptors (Lipinski definition) is 4. The van der Waals surface area contributed by atoms with Gasteiger partial charge < -0.3 is 10.2 Å². The first-order chi connectivity index (χ1) is 9.69. The maximum absolute atomic E-state index is 4.37. The second kappa shape index (κ2) is 7.40. The van der Waals surface area contributed by atoms with Crippen LogP contribution in [0.3, 0.4) is 0 Å². The first kappa shape index (κ1) is 15.0. The third kappa shape index (κ3) is 4.31. The Kier molecular flexibility index (Phi) is 5.55. The molecule has 0 aliphatic rings. The molecule has 0 saturated carbocycles. The number of aromatic nitrogens is 1. The number of aliphatic imine (C=N–C) groups is 1. The monoisotopic (exact) mass is 308 g/mol. The molecule has 2 aromatic heterocycles. The average Bonchev–Trinajstić information content (AvgIpc) is 3.06. The summed E-state index contributed by atoms with van der Waals surface area (Å²) in [5, 5.41) is 8.83. The number of nitrogens with zero attached hydrogens (tertiary/aromatic N) is 3. The van der Waals surface area contributed by atoms with Crippen LogP contribution in [0, 0.1) is 6.92 Å². The summed E-state index contributed by atoms with van der Waals surface area (Å²) < 4.78 is 0. The van der Waals surface area contributed by atoms with Crippen LogP contribution in [0.4, 0.5) is 0 Å². The largest absolute Gasteiger partial charge is 0.356 e. The third-order valence-corrected chi connectivity index (χ3v) is 4.57. The molecule has 0 aliphatic heterocycles. The van der Waals surface area contributed by atoms with Crippen LogP contribution in [0.15, 0.2) is 28.0 Å². The first-order valence-corrected chi connectivity index (χ1v) is 8.29. The Bertz CT molecular complexity index is 545. The lowest BCUT2D eigenvalue weighted by Crippen LogP contribution is -2.39. The number of thiazole rings is 1. The minimum absolute atomic E-state index is 0.855. The highest BCUT2D eigenvalue weighted by Crippen LogP contribution is 2.11. The van der Waals surface area contributed by atoms with Crippen LogP contribution in [-0.4, -0.2) is 36.5 Å². The molecule has 108 valence electrons. The van der Waals surface area contributed by atoms with Crippen molar-refractivity contribution in [3.63, 3.8) is 0 Å².